The van der Waals surface area contributed by atoms with Crippen LogP contribution in [0.3, 0.4) is 0 Å². The molecule has 0 saturated heterocycles. The molecular formula is C25H9Cl3O7. The van der Waals surface area contributed by atoms with Gasteiger partial charge in [0, 0.05) is 63.7 Å². The van der Waals surface area contributed by atoms with Crippen molar-refractivity contribution in [2.75, 3.05) is 7.11 Å². The Morgan fingerprint density at radius 3 is 1.83 bits per heavy atom. The number of esters is 3. The van der Waals surface area contributed by atoms with Crippen molar-refractivity contribution in [2.24, 2.45) is 0 Å². The van der Waals surface area contributed by atoms with E-state index < -0.39 is 24.2 Å². The van der Waals surface area contributed by atoms with Crippen molar-refractivity contribution in [2.45, 2.75) is 6.29 Å². The van der Waals surface area contributed by atoms with Crippen LogP contribution >= 0.6 is 34.8 Å². The summed E-state index contributed by atoms with van der Waals surface area (Å²) in [7, 11) is 1.43. The Kier molecular flexibility index (Phi) is 3.98. The number of ether oxygens (including phenoxy) is 3. The van der Waals surface area contributed by atoms with Crippen LogP contribution in [0.25, 0.3) is 43.1 Å². The molecule has 0 radical (unpaired) electrons. The van der Waals surface area contributed by atoms with Crippen molar-refractivity contribution in [1.29, 1.82) is 0 Å². The van der Waals surface area contributed by atoms with E-state index in [2.05, 4.69) is 0 Å². The number of aliphatic hydroxyl groups is 1. The Morgan fingerprint density at radius 1 is 0.686 bits per heavy atom. The van der Waals surface area contributed by atoms with Crippen molar-refractivity contribution >= 4 is 95.8 Å². The van der Waals surface area contributed by atoms with E-state index in [0.717, 1.165) is 0 Å². The Balaban J connectivity index is 1.92. The maximum atomic E-state index is 12.7. The lowest BCUT2D eigenvalue weighted by atomic mass is 9.83. The van der Waals surface area contributed by atoms with Crippen LogP contribution in [0.4, 0.5) is 0 Å². The zero-order valence-corrected chi connectivity index (χ0v) is 19.7. The lowest BCUT2D eigenvalue weighted by Crippen LogP contribution is -2.20. The normalized spacial score (nSPS) is 17.1. The van der Waals surface area contributed by atoms with Gasteiger partial charge < -0.3 is 19.3 Å². The van der Waals surface area contributed by atoms with Crippen molar-refractivity contribution < 1.29 is 33.7 Å². The molecule has 2 aliphatic heterocycles. The molecule has 2 aliphatic rings. The molecule has 0 saturated carbocycles. The number of rotatable bonds is 1. The molecule has 10 heteroatoms. The first-order chi connectivity index (χ1) is 16.7. The fraction of sp³-hybridized carbons (Fsp3) is 0.0800. The minimum atomic E-state index is -1.53. The number of fused-ring (bicyclic) bond motifs is 2. The molecular weight excluding hydrogens is 519 g/mol. The van der Waals surface area contributed by atoms with E-state index in [1.165, 1.54) is 31.4 Å². The summed E-state index contributed by atoms with van der Waals surface area (Å²) in [5.74, 6) is -2.11. The highest BCUT2D eigenvalue weighted by atomic mass is 35.5. The third kappa shape index (κ3) is 2.39. The van der Waals surface area contributed by atoms with Crippen LogP contribution in [0.15, 0.2) is 24.3 Å². The van der Waals surface area contributed by atoms with Crippen molar-refractivity contribution in [3.63, 3.8) is 0 Å². The van der Waals surface area contributed by atoms with Crippen molar-refractivity contribution in [3.8, 4) is 5.75 Å². The first kappa shape index (κ1) is 21.0. The summed E-state index contributed by atoms with van der Waals surface area (Å²) in [6, 6.07) is 5.87. The van der Waals surface area contributed by atoms with Gasteiger partial charge in [-0.05, 0) is 24.3 Å². The van der Waals surface area contributed by atoms with Gasteiger partial charge in [-0.15, -0.1) is 0 Å². The van der Waals surface area contributed by atoms with Crippen molar-refractivity contribution in [3.05, 3.63) is 61.6 Å². The largest absolute Gasteiger partial charge is 0.496 e. The smallest absolute Gasteiger partial charge is 0.346 e. The lowest BCUT2D eigenvalue weighted by Gasteiger charge is -2.27. The zero-order valence-electron chi connectivity index (χ0n) is 17.4. The van der Waals surface area contributed by atoms with Crippen LogP contribution in [-0.4, -0.2) is 30.1 Å². The summed E-state index contributed by atoms with van der Waals surface area (Å²) < 4.78 is 15.7. The highest BCUT2D eigenvalue weighted by molar-refractivity contribution is 6.53. The van der Waals surface area contributed by atoms with Gasteiger partial charge in [-0.2, -0.15) is 0 Å². The van der Waals surface area contributed by atoms with Gasteiger partial charge in [0.05, 0.1) is 23.8 Å². The number of aliphatic hydroxyl groups excluding tert-OH is 1. The number of cyclic esters (lactones) is 3. The summed E-state index contributed by atoms with van der Waals surface area (Å²) in [6.45, 7) is 0. The predicted molar refractivity (Wildman–Crippen MR) is 129 cm³/mol. The van der Waals surface area contributed by atoms with Gasteiger partial charge in [0.15, 0.2) is 0 Å². The monoisotopic (exact) mass is 526 g/mol. The Hall–Kier alpha value is -3.36. The number of methoxy groups -OCH3 is 1. The minimum absolute atomic E-state index is 0.118. The quantitative estimate of drug-likeness (QED) is 0.120. The van der Waals surface area contributed by atoms with E-state index in [4.69, 9.17) is 49.0 Å². The Bertz CT molecular complexity index is 1890. The van der Waals surface area contributed by atoms with Crippen LogP contribution in [0.1, 0.15) is 42.9 Å². The molecule has 7 nitrogen and oxygen atoms in total. The van der Waals surface area contributed by atoms with Gasteiger partial charge in [0.25, 0.3) is 0 Å². The SMILES string of the molecule is COc1cc2c3c(cc(Cl)c4c5c(Cl)cc6c7c(cc(Cl)c(c1c34)c75)C(O)OC6=O)C(=O)OC2=O. The van der Waals surface area contributed by atoms with Crippen LogP contribution in [0, 0.1) is 0 Å². The van der Waals surface area contributed by atoms with E-state index in [1.807, 2.05) is 0 Å². The van der Waals surface area contributed by atoms with Crippen molar-refractivity contribution in [1.82, 2.24) is 0 Å². The van der Waals surface area contributed by atoms with Gasteiger partial charge in [0.1, 0.15) is 5.75 Å². The first-order valence-corrected chi connectivity index (χ1v) is 11.4. The topological polar surface area (TPSA) is 99.1 Å². The molecule has 1 unspecified atom stereocenters. The van der Waals surface area contributed by atoms with Gasteiger partial charge in [-0.1, -0.05) is 34.8 Å². The van der Waals surface area contributed by atoms with Gasteiger partial charge in [-0.3, -0.25) is 0 Å². The molecule has 0 fully saturated rings. The molecule has 7 rings (SSSR count). The molecule has 0 bridgehead atoms. The first-order valence-electron chi connectivity index (χ1n) is 10.2. The number of benzene rings is 5. The highest BCUT2D eigenvalue weighted by Gasteiger charge is 2.36. The number of carbonyl (C=O) groups is 3. The highest BCUT2D eigenvalue weighted by Crippen LogP contribution is 2.54. The van der Waals surface area contributed by atoms with E-state index >= 15 is 0 Å². The van der Waals surface area contributed by atoms with Gasteiger partial charge in [-0.25, -0.2) is 14.4 Å². The summed E-state index contributed by atoms with van der Waals surface area (Å²) in [6.07, 6.45) is -1.53. The fourth-order valence-corrected chi connectivity index (χ4v) is 6.32. The molecule has 0 aromatic heterocycles. The molecule has 35 heavy (non-hydrogen) atoms. The number of hydrogen-bond acceptors (Lipinski definition) is 7. The fourth-order valence-electron chi connectivity index (χ4n) is 5.42. The molecule has 1 N–H and O–H groups in total. The predicted octanol–water partition coefficient (Wildman–Crippen LogP) is 6.18. The van der Waals surface area contributed by atoms with E-state index in [9.17, 15) is 19.5 Å². The third-order valence-electron chi connectivity index (χ3n) is 6.71. The number of halogens is 3. The van der Waals surface area contributed by atoms with Crippen LogP contribution < -0.4 is 4.74 Å². The van der Waals surface area contributed by atoms with E-state index in [-0.39, 0.29) is 37.5 Å². The summed E-state index contributed by atoms with van der Waals surface area (Å²) >= 11 is 20.3. The molecule has 5 aromatic carbocycles. The molecule has 0 amide bonds. The lowest BCUT2D eigenvalue weighted by molar-refractivity contribution is -0.0686. The Morgan fingerprint density at radius 2 is 1.20 bits per heavy atom. The molecule has 1 atom stereocenters. The third-order valence-corrected chi connectivity index (χ3v) is 7.60. The molecule has 0 aliphatic carbocycles. The van der Waals surface area contributed by atoms with Crippen LogP contribution in [0.2, 0.25) is 15.1 Å². The zero-order chi connectivity index (χ0) is 24.5. The van der Waals surface area contributed by atoms with Crippen LogP contribution in [0.5, 0.6) is 5.75 Å². The Labute approximate surface area is 209 Å². The molecule has 2 heterocycles. The number of carbonyl (C=O) groups excluding carboxylic acids is 3. The van der Waals surface area contributed by atoms with Gasteiger partial charge >= 0.3 is 17.9 Å². The van der Waals surface area contributed by atoms with Crippen LogP contribution in [-0.2, 0) is 9.47 Å². The maximum absolute atomic E-state index is 12.7. The average Bonchev–Trinajstić information content (AvgIpc) is 2.81. The number of hydrogen-bond donors (Lipinski definition) is 1. The summed E-state index contributed by atoms with van der Waals surface area (Å²) in [5.41, 5.74) is 0.708. The summed E-state index contributed by atoms with van der Waals surface area (Å²) in [4.78, 5) is 38.0. The molecule has 172 valence electrons. The maximum Gasteiger partial charge on any atom is 0.346 e. The molecule has 0 spiro atoms. The molecule has 5 aromatic rings. The standard InChI is InChI=1S/C25H9Cl3O7/c1-33-13-5-9-15-8(24(31)35-25(9)32)3-11(27)17-16-10(26)2-6-14-7(23(30)34-22(6)29)4-12(28)18(20(14)16)19(13)21(15)17/h2-5,23,30H,1H3. The second kappa shape index (κ2) is 6.65. The average molecular weight is 528 g/mol. The second-order valence-corrected chi connectivity index (χ2v) is 9.54. The summed E-state index contributed by atoms with van der Waals surface area (Å²) in [5, 5.41) is 14.6. The van der Waals surface area contributed by atoms with E-state index in [0.29, 0.717) is 48.7 Å². The van der Waals surface area contributed by atoms with Gasteiger partial charge in [0.2, 0.25) is 6.29 Å². The minimum Gasteiger partial charge on any atom is -0.496 e. The van der Waals surface area contributed by atoms with E-state index in [1.54, 1.807) is 0 Å². The second-order valence-electron chi connectivity index (χ2n) is 8.32.